The van der Waals surface area contributed by atoms with Gasteiger partial charge in [0.15, 0.2) is 0 Å². The highest BCUT2D eigenvalue weighted by molar-refractivity contribution is 5.94. The van der Waals surface area contributed by atoms with Crippen LogP contribution < -0.4 is 5.49 Å². The first-order chi connectivity index (χ1) is 10.0. The van der Waals surface area contributed by atoms with Crippen LogP contribution in [0.4, 0.5) is 0 Å². The molecule has 5 nitrogen and oxygen atoms in total. The second-order valence-corrected chi connectivity index (χ2v) is 4.90. The standard InChI is InChI=1S/C16H16N4O/c1-11(2)18-15-6-4-5-9-20(15)16(21)14-8-7-13(10-17)12(3)19-14/h4-9,11H,1-3H3. The molecule has 0 amide bonds. The molecule has 0 aliphatic rings. The SMILES string of the molecule is Cc1nc(C(=O)n2ccccc2=NC(C)C)ccc1C#N. The van der Waals surface area contributed by atoms with Gasteiger partial charge in [-0.1, -0.05) is 6.07 Å². The highest BCUT2D eigenvalue weighted by Gasteiger charge is 2.12. The summed E-state index contributed by atoms with van der Waals surface area (Å²) in [6, 6.07) is 10.7. The number of hydrogen-bond acceptors (Lipinski definition) is 4. The second kappa shape index (κ2) is 6.14. The van der Waals surface area contributed by atoms with E-state index in [1.807, 2.05) is 26.0 Å². The van der Waals surface area contributed by atoms with E-state index in [0.29, 0.717) is 22.4 Å². The predicted octanol–water partition coefficient (Wildman–Crippen LogP) is 2.06. The minimum absolute atomic E-state index is 0.0853. The molecule has 2 rings (SSSR count). The zero-order valence-electron chi connectivity index (χ0n) is 12.2. The third-order valence-corrected chi connectivity index (χ3v) is 2.87. The van der Waals surface area contributed by atoms with Crippen LogP contribution in [0.1, 0.15) is 35.6 Å². The molecule has 0 spiro atoms. The molecule has 0 radical (unpaired) electrons. The van der Waals surface area contributed by atoms with Crippen LogP contribution >= 0.6 is 0 Å². The number of nitrogens with zero attached hydrogens (tertiary/aromatic N) is 4. The number of aromatic nitrogens is 2. The highest BCUT2D eigenvalue weighted by atomic mass is 16.2. The summed E-state index contributed by atoms with van der Waals surface area (Å²) >= 11 is 0. The van der Waals surface area contributed by atoms with Crippen molar-refractivity contribution in [3.63, 3.8) is 0 Å². The number of aryl methyl sites for hydroxylation is 1. The number of hydrogen-bond donors (Lipinski definition) is 0. The van der Waals surface area contributed by atoms with Crippen LogP contribution in [0.15, 0.2) is 41.5 Å². The first kappa shape index (κ1) is 14.7. The maximum absolute atomic E-state index is 12.6. The van der Waals surface area contributed by atoms with Crippen molar-refractivity contribution >= 4 is 5.91 Å². The maximum atomic E-state index is 12.6. The van der Waals surface area contributed by atoms with Crippen molar-refractivity contribution in [2.45, 2.75) is 26.8 Å². The van der Waals surface area contributed by atoms with Crippen LogP contribution in [0.2, 0.25) is 0 Å². The quantitative estimate of drug-likeness (QED) is 0.845. The Morgan fingerprint density at radius 1 is 1.33 bits per heavy atom. The van der Waals surface area contributed by atoms with E-state index in [9.17, 15) is 4.79 Å². The Morgan fingerprint density at radius 2 is 2.10 bits per heavy atom. The molecule has 0 aliphatic heterocycles. The lowest BCUT2D eigenvalue weighted by atomic mass is 10.2. The van der Waals surface area contributed by atoms with Crippen molar-refractivity contribution in [1.82, 2.24) is 9.55 Å². The lowest BCUT2D eigenvalue weighted by Crippen LogP contribution is -2.28. The molecule has 106 valence electrons. The van der Waals surface area contributed by atoms with E-state index in [-0.39, 0.29) is 11.9 Å². The van der Waals surface area contributed by atoms with Crippen LogP contribution in [0.5, 0.6) is 0 Å². The van der Waals surface area contributed by atoms with Gasteiger partial charge in [-0.15, -0.1) is 0 Å². The largest absolute Gasteiger partial charge is 0.282 e. The zero-order chi connectivity index (χ0) is 15.4. The lowest BCUT2D eigenvalue weighted by molar-refractivity contribution is 0.0949. The van der Waals surface area contributed by atoms with Crippen LogP contribution in [0, 0.1) is 18.3 Å². The number of pyridine rings is 2. The normalized spacial score (nSPS) is 11.5. The number of carbonyl (C=O) groups is 1. The average molecular weight is 280 g/mol. The maximum Gasteiger partial charge on any atom is 0.282 e. The number of rotatable bonds is 2. The van der Waals surface area contributed by atoms with Gasteiger partial charge in [-0.3, -0.25) is 14.4 Å². The molecule has 0 aromatic carbocycles. The van der Waals surface area contributed by atoms with Crippen molar-refractivity contribution in [2.75, 3.05) is 0 Å². The zero-order valence-corrected chi connectivity index (χ0v) is 12.2. The van der Waals surface area contributed by atoms with Gasteiger partial charge in [-0.25, -0.2) is 4.98 Å². The minimum atomic E-state index is -0.261. The van der Waals surface area contributed by atoms with Gasteiger partial charge in [-0.2, -0.15) is 5.26 Å². The summed E-state index contributed by atoms with van der Waals surface area (Å²) in [4.78, 5) is 21.2. The molecule has 0 aliphatic carbocycles. The van der Waals surface area contributed by atoms with Crippen LogP contribution in [0.25, 0.3) is 0 Å². The van der Waals surface area contributed by atoms with E-state index < -0.39 is 0 Å². The topological polar surface area (TPSA) is 71.0 Å². The summed E-state index contributed by atoms with van der Waals surface area (Å²) in [6.07, 6.45) is 1.67. The van der Waals surface area contributed by atoms with Gasteiger partial charge in [-0.05, 0) is 45.0 Å². The Labute approximate surface area is 123 Å². The fourth-order valence-electron chi connectivity index (χ4n) is 1.90. The Hall–Kier alpha value is -2.74. The van der Waals surface area contributed by atoms with Gasteiger partial charge in [0.05, 0.1) is 11.3 Å². The third kappa shape index (κ3) is 3.23. The summed E-state index contributed by atoms with van der Waals surface area (Å²) in [7, 11) is 0. The Bertz CT molecular complexity index is 781. The monoisotopic (exact) mass is 280 g/mol. The number of carbonyl (C=O) groups excluding carboxylic acids is 1. The number of nitriles is 1. The van der Waals surface area contributed by atoms with Crippen molar-refractivity contribution in [3.05, 3.63) is 59.0 Å². The van der Waals surface area contributed by atoms with Gasteiger partial charge in [0, 0.05) is 12.2 Å². The molecule has 0 bridgehead atoms. The van der Waals surface area contributed by atoms with Crippen LogP contribution in [-0.2, 0) is 0 Å². The van der Waals surface area contributed by atoms with E-state index in [0.717, 1.165) is 0 Å². The van der Waals surface area contributed by atoms with Crippen molar-refractivity contribution in [3.8, 4) is 6.07 Å². The molecule has 0 saturated carbocycles. The Balaban J connectivity index is 2.51. The predicted molar refractivity (Wildman–Crippen MR) is 78.5 cm³/mol. The van der Waals surface area contributed by atoms with Crippen molar-refractivity contribution < 1.29 is 4.79 Å². The summed E-state index contributed by atoms with van der Waals surface area (Å²) in [5.74, 6) is -0.261. The van der Waals surface area contributed by atoms with Gasteiger partial charge < -0.3 is 0 Å². The third-order valence-electron chi connectivity index (χ3n) is 2.87. The second-order valence-electron chi connectivity index (χ2n) is 4.90. The molecule has 0 saturated heterocycles. The van der Waals surface area contributed by atoms with Gasteiger partial charge in [0.2, 0.25) is 0 Å². The van der Waals surface area contributed by atoms with Gasteiger partial charge in [0.1, 0.15) is 17.3 Å². The van der Waals surface area contributed by atoms with Crippen LogP contribution in [0.3, 0.4) is 0 Å². The molecule has 0 N–H and O–H groups in total. The molecule has 2 aromatic heterocycles. The van der Waals surface area contributed by atoms with Crippen LogP contribution in [-0.4, -0.2) is 21.5 Å². The smallest absolute Gasteiger partial charge is 0.267 e. The van der Waals surface area contributed by atoms with E-state index in [1.54, 1.807) is 37.4 Å². The molecule has 2 aromatic rings. The van der Waals surface area contributed by atoms with Crippen molar-refractivity contribution in [2.24, 2.45) is 4.99 Å². The Kier molecular flexibility index (Phi) is 4.29. The van der Waals surface area contributed by atoms with E-state index in [2.05, 4.69) is 9.98 Å². The van der Waals surface area contributed by atoms with Gasteiger partial charge >= 0.3 is 0 Å². The molecule has 5 heteroatoms. The summed E-state index contributed by atoms with van der Waals surface area (Å²) in [6.45, 7) is 5.61. The van der Waals surface area contributed by atoms with E-state index in [1.165, 1.54) is 4.57 Å². The van der Waals surface area contributed by atoms with Crippen molar-refractivity contribution in [1.29, 1.82) is 5.26 Å². The molecule has 0 unspecified atom stereocenters. The van der Waals surface area contributed by atoms with E-state index >= 15 is 0 Å². The molecular formula is C16H16N4O. The summed E-state index contributed by atoms with van der Waals surface area (Å²) in [5, 5.41) is 8.91. The fraction of sp³-hybridized carbons (Fsp3) is 0.250. The molecule has 0 atom stereocenters. The molecule has 0 fully saturated rings. The van der Waals surface area contributed by atoms with E-state index in [4.69, 9.17) is 5.26 Å². The first-order valence-corrected chi connectivity index (χ1v) is 6.67. The Morgan fingerprint density at radius 3 is 2.71 bits per heavy atom. The fourth-order valence-corrected chi connectivity index (χ4v) is 1.90. The molecular weight excluding hydrogens is 264 g/mol. The summed E-state index contributed by atoms with van der Waals surface area (Å²) in [5.41, 5.74) is 1.89. The highest BCUT2D eigenvalue weighted by Crippen LogP contribution is 2.06. The summed E-state index contributed by atoms with van der Waals surface area (Å²) < 4.78 is 1.47. The van der Waals surface area contributed by atoms with Gasteiger partial charge in [0.25, 0.3) is 5.91 Å². The molecule has 2 heterocycles. The molecule has 21 heavy (non-hydrogen) atoms. The average Bonchev–Trinajstić information content (AvgIpc) is 2.46. The lowest BCUT2D eigenvalue weighted by Gasteiger charge is -2.07. The minimum Gasteiger partial charge on any atom is -0.267 e. The first-order valence-electron chi connectivity index (χ1n) is 6.67.